The van der Waals surface area contributed by atoms with Gasteiger partial charge in [0.25, 0.3) is 5.91 Å². The third kappa shape index (κ3) is 4.12. The summed E-state index contributed by atoms with van der Waals surface area (Å²) in [4.78, 5) is 26.5. The van der Waals surface area contributed by atoms with E-state index in [1.54, 1.807) is 36.4 Å². The molecule has 1 aliphatic carbocycles. The van der Waals surface area contributed by atoms with Crippen LogP contribution in [0.15, 0.2) is 42.5 Å². The van der Waals surface area contributed by atoms with E-state index in [1.165, 1.54) is 0 Å². The molecule has 2 fully saturated rings. The predicted octanol–water partition coefficient (Wildman–Crippen LogP) is 3.69. The zero-order chi connectivity index (χ0) is 21.4. The van der Waals surface area contributed by atoms with Crippen LogP contribution in [-0.4, -0.2) is 53.0 Å². The van der Waals surface area contributed by atoms with Crippen LogP contribution in [0.5, 0.6) is 0 Å². The van der Waals surface area contributed by atoms with Gasteiger partial charge in [-0.25, -0.2) is 9.97 Å². The van der Waals surface area contributed by atoms with Gasteiger partial charge >= 0.3 is 0 Å². The van der Waals surface area contributed by atoms with Crippen LogP contribution in [0.2, 0.25) is 5.02 Å². The Morgan fingerprint density at radius 2 is 1.77 bits per heavy atom. The minimum atomic E-state index is 0.0101. The molecular weight excluding hydrogens is 412 g/mol. The van der Waals surface area contributed by atoms with Gasteiger partial charge in [0.05, 0.1) is 22.7 Å². The number of nitrogens with one attached hydrogen (secondary N) is 1. The summed E-state index contributed by atoms with van der Waals surface area (Å²) >= 11 is 5.94. The van der Waals surface area contributed by atoms with Crippen LogP contribution in [0.3, 0.4) is 0 Å². The number of rotatable bonds is 4. The molecule has 1 amide bonds. The predicted molar refractivity (Wildman–Crippen MR) is 120 cm³/mol. The average Bonchev–Trinajstić information content (AvgIpc) is 3.62. The number of fused-ring (bicyclic) bond motifs is 1. The molecule has 1 aliphatic heterocycles. The van der Waals surface area contributed by atoms with Gasteiger partial charge < -0.3 is 15.1 Å². The molecule has 2 heterocycles. The van der Waals surface area contributed by atoms with E-state index >= 15 is 0 Å². The fourth-order valence-corrected chi connectivity index (χ4v) is 3.88. The number of hydrogen-bond donors (Lipinski definition) is 1. The Balaban J connectivity index is 1.38. The molecule has 0 bridgehead atoms. The van der Waals surface area contributed by atoms with Crippen molar-refractivity contribution in [3.8, 4) is 6.07 Å². The van der Waals surface area contributed by atoms with Crippen LogP contribution in [0, 0.1) is 11.3 Å². The van der Waals surface area contributed by atoms with E-state index < -0.39 is 0 Å². The van der Waals surface area contributed by atoms with E-state index in [4.69, 9.17) is 21.6 Å². The quantitative estimate of drug-likeness (QED) is 0.676. The third-order valence-corrected chi connectivity index (χ3v) is 5.90. The lowest BCUT2D eigenvalue weighted by molar-refractivity contribution is 0.0746. The van der Waals surface area contributed by atoms with E-state index in [9.17, 15) is 10.1 Å². The summed E-state index contributed by atoms with van der Waals surface area (Å²) in [5.74, 6) is 1.57. The molecule has 2 aromatic carbocycles. The topological polar surface area (TPSA) is 85.2 Å². The smallest absolute Gasteiger partial charge is 0.253 e. The summed E-state index contributed by atoms with van der Waals surface area (Å²) in [5.41, 5.74) is 2.68. The van der Waals surface area contributed by atoms with Crippen LogP contribution in [-0.2, 0) is 0 Å². The second kappa shape index (κ2) is 8.05. The van der Waals surface area contributed by atoms with E-state index in [0.717, 1.165) is 30.0 Å². The van der Waals surface area contributed by atoms with Gasteiger partial charge in [-0.3, -0.25) is 4.79 Å². The van der Waals surface area contributed by atoms with Gasteiger partial charge in [-0.1, -0.05) is 11.6 Å². The standard InChI is InChI=1S/C23H21ClN6O/c24-17-4-2-16(3-5-17)23(31)30-11-9-29(10-12-30)22-21(26-18-6-7-18)27-19-8-1-15(14-25)13-20(19)28-22/h1-5,8,13,18H,6-7,9-12H2,(H,26,27). The van der Waals surface area contributed by atoms with Gasteiger partial charge in [-0.15, -0.1) is 0 Å². The lowest BCUT2D eigenvalue weighted by Gasteiger charge is -2.36. The number of carbonyl (C=O) groups is 1. The van der Waals surface area contributed by atoms with Gasteiger partial charge in [0.2, 0.25) is 0 Å². The highest BCUT2D eigenvalue weighted by molar-refractivity contribution is 6.30. The first kappa shape index (κ1) is 19.6. The number of nitriles is 1. The number of hydrogen-bond acceptors (Lipinski definition) is 6. The first-order valence-corrected chi connectivity index (χ1v) is 10.8. The Kier molecular flexibility index (Phi) is 5.08. The normalized spacial score (nSPS) is 16.3. The van der Waals surface area contributed by atoms with Crippen LogP contribution in [0.25, 0.3) is 11.0 Å². The summed E-state index contributed by atoms with van der Waals surface area (Å²) in [7, 11) is 0. The van der Waals surface area contributed by atoms with Crippen LogP contribution in [0.1, 0.15) is 28.8 Å². The molecule has 1 aromatic heterocycles. The minimum Gasteiger partial charge on any atom is -0.364 e. The summed E-state index contributed by atoms with van der Waals surface area (Å²) in [5, 5.41) is 13.3. The summed E-state index contributed by atoms with van der Waals surface area (Å²) < 4.78 is 0. The second-order valence-corrected chi connectivity index (χ2v) is 8.35. The van der Waals surface area contributed by atoms with E-state index in [1.807, 2.05) is 11.0 Å². The van der Waals surface area contributed by atoms with Crippen LogP contribution < -0.4 is 10.2 Å². The van der Waals surface area contributed by atoms with Crippen molar-refractivity contribution in [3.63, 3.8) is 0 Å². The molecule has 0 atom stereocenters. The highest BCUT2D eigenvalue weighted by atomic mass is 35.5. The molecule has 0 spiro atoms. The van der Waals surface area contributed by atoms with Crippen molar-refractivity contribution in [2.24, 2.45) is 0 Å². The largest absolute Gasteiger partial charge is 0.364 e. The molecule has 0 unspecified atom stereocenters. The molecule has 1 saturated carbocycles. The van der Waals surface area contributed by atoms with Crippen molar-refractivity contribution in [1.29, 1.82) is 5.26 Å². The van der Waals surface area contributed by atoms with Crippen molar-refractivity contribution < 1.29 is 4.79 Å². The first-order valence-electron chi connectivity index (χ1n) is 10.4. The Bertz CT molecular complexity index is 1180. The molecule has 7 nitrogen and oxygen atoms in total. The van der Waals surface area contributed by atoms with Gasteiger partial charge in [0.1, 0.15) is 0 Å². The molecule has 1 N–H and O–H groups in total. The Hall–Kier alpha value is -3.37. The van der Waals surface area contributed by atoms with Gasteiger partial charge in [0, 0.05) is 42.8 Å². The molecule has 0 radical (unpaired) electrons. The lowest BCUT2D eigenvalue weighted by Crippen LogP contribution is -2.49. The average molecular weight is 433 g/mol. The molecule has 1 saturated heterocycles. The third-order valence-electron chi connectivity index (χ3n) is 5.65. The second-order valence-electron chi connectivity index (χ2n) is 7.92. The number of carbonyl (C=O) groups excluding carboxylic acids is 1. The molecular formula is C23H21ClN6O. The molecule has 31 heavy (non-hydrogen) atoms. The van der Waals surface area contributed by atoms with Crippen molar-refractivity contribution in [2.75, 3.05) is 36.4 Å². The van der Waals surface area contributed by atoms with Gasteiger partial charge in [-0.05, 0) is 55.3 Å². The van der Waals surface area contributed by atoms with Crippen LogP contribution >= 0.6 is 11.6 Å². The number of nitrogens with zero attached hydrogens (tertiary/aromatic N) is 5. The Morgan fingerprint density at radius 1 is 1.03 bits per heavy atom. The summed E-state index contributed by atoms with van der Waals surface area (Å²) in [6.07, 6.45) is 2.27. The number of halogens is 1. The van der Waals surface area contributed by atoms with Crippen molar-refractivity contribution in [1.82, 2.24) is 14.9 Å². The molecule has 156 valence electrons. The number of piperazine rings is 1. The maximum atomic E-state index is 12.8. The summed E-state index contributed by atoms with van der Waals surface area (Å²) in [6, 6.07) is 15.0. The van der Waals surface area contributed by atoms with Gasteiger partial charge in [-0.2, -0.15) is 5.26 Å². The fraction of sp³-hybridized carbons (Fsp3) is 0.304. The van der Waals surface area contributed by atoms with Gasteiger partial charge in [0.15, 0.2) is 11.6 Å². The number of benzene rings is 2. The first-order chi connectivity index (χ1) is 15.1. The van der Waals surface area contributed by atoms with E-state index in [2.05, 4.69) is 16.3 Å². The minimum absolute atomic E-state index is 0.0101. The fourth-order valence-electron chi connectivity index (χ4n) is 3.75. The number of aromatic nitrogens is 2. The van der Waals surface area contributed by atoms with Crippen molar-refractivity contribution in [3.05, 3.63) is 58.6 Å². The maximum Gasteiger partial charge on any atom is 0.253 e. The lowest BCUT2D eigenvalue weighted by atomic mass is 10.2. The van der Waals surface area contributed by atoms with Crippen LogP contribution in [0.4, 0.5) is 11.6 Å². The van der Waals surface area contributed by atoms with Crippen molar-refractivity contribution >= 4 is 40.2 Å². The highest BCUT2D eigenvalue weighted by Crippen LogP contribution is 2.31. The highest BCUT2D eigenvalue weighted by Gasteiger charge is 2.28. The SMILES string of the molecule is N#Cc1ccc2nc(NC3CC3)c(N3CCN(C(=O)c4ccc(Cl)cc4)CC3)nc2c1. The van der Waals surface area contributed by atoms with Crippen molar-refractivity contribution in [2.45, 2.75) is 18.9 Å². The number of anilines is 2. The molecule has 5 rings (SSSR count). The molecule has 8 heteroatoms. The Morgan fingerprint density at radius 3 is 2.45 bits per heavy atom. The molecule has 2 aliphatic rings. The zero-order valence-corrected chi connectivity index (χ0v) is 17.6. The van der Waals surface area contributed by atoms with E-state index in [-0.39, 0.29) is 5.91 Å². The molecule has 3 aromatic rings. The van der Waals surface area contributed by atoms with E-state index in [0.29, 0.717) is 53.9 Å². The zero-order valence-electron chi connectivity index (χ0n) is 16.9. The maximum absolute atomic E-state index is 12.8. The Labute approximate surface area is 185 Å². The summed E-state index contributed by atoms with van der Waals surface area (Å²) in [6.45, 7) is 2.53. The monoisotopic (exact) mass is 432 g/mol. The number of amides is 1.